The second-order valence-corrected chi connectivity index (χ2v) is 8.04. The highest BCUT2D eigenvalue weighted by molar-refractivity contribution is 5.97. The van der Waals surface area contributed by atoms with Gasteiger partial charge in [0.1, 0.15) is 11.8 Å². The number of carbonyl (C=O) groups is 2. The number of phenols is 1. The number of amides is 2. The molecule has 5 heteroatoms. The number of piperidine rings is 1. The quantitative estimate of drug-likeness (QED) is 0.785. The Balaban J connectivity index is 1.44. The molecule has 5 nitrogen and oxygen atoms in total. The minimum absolute atomic E-state index is 0.0111. The van der Waals surface area contributed by atoms with Crippen molar-refractivity contribution >= 4 is 11.8 Å². The largest absolute Gasteiger partial charge is 0.508 e. The second-order valence-electron chi connectivity index (χ2n) is 8.04. The van der Waals surface area contributed by atoms with Crippen molar-refractivity contribution < 1.29 is 14.7 Å². The summed E-state index contributed by atoms with van der Waals surface area (Å²) in [7, 11) is 0. The van der Waals surface area contributed by atoms with Gasteiger partial charge in [-0.25, -0.2) is 0 Å². The third kappa shape index (κ3) is 5.83. The molecule has 1 saturated heterocycles. The van der Waals surface area contributed by atoms with E-state index in [0.29, 0.717) is 17.2 Å². The Hall–Kier alpha value is -2.82. The fraction of sp³-hybridized carbons (Fsp3) is 0.417. The average molecular weight is 395 g/mol. The predicted molar refractivity (Wildman–Crippen MR) is 114 cm³/mol. The van der Waals surface area contributed by atoms with Crippen LogP contribution in [0, 0.1) is 12.8 Å². The molecule has 1 fully saturated rings. The number of nitrogens with zero attached hydrogens (tertiary/aromatic N) is 1. The maximum Gasteiger partial charge on any atom is 0.251 e. The molecular weight excluding hydrogens is 364 g/mol. The first-order chi connectivity index (χ1) is 13.9. The van der Waals surface area contributed by atoms with Crippen LogP contribution < -0.4 is 5.32 Å². The fourth-order valence-corrected chi connectivity index (χ4v) is 3.88. The van der Waals surface area contributed by atoms with Gasteiger partial charge in [-0.2, -0.15) is 0 Å². The molecule has 0 unspecified atom stereocenters. The average Bonchev–Trinajstić information content (AvgIpc) is 2.73. The van der Waals surface area contributed by atoms with Crippen LogP contribution in [0.1, 0.15) is 47.7 Å². The molecule has 0 aromatic heterocycles. The maximum absolute atomic E-state index is 12.7. The Bertz CT molecular complexity index is 839. The van der Waals surface area contributed by atoms with Crippen molar-refractivity contribution in [3.63, 3.8) is 0 Å². The van der Waals surface area contributed by atoms with Crippen LogP contribution >= 0.6 is 0 Å². The number of aromatic hydroxyl groups is 1. The van der Waals surface area contributed by atoms with E-state index in [1.807, 2.05) is 42.2 Å². The first-order valence-corrected chi connectivity index (χ1v) is 10.4. The third-order valence-electron chi connectivity index (χ3n) is 5.70. The number of carbonyl (C=O) groups excluding carboxylic acids is 2. The van der Waals surface area contributed by atoms with Crippen LogP contribution in [0.15, 0.2) is 48.5 Å². The molecule has 0 saturated carbocycles. The summed E-state index contributed by atoms with van der Waals surface area (Å²) in [6.07, 6.45) is 4.05. The SMILES string of the molecule is Cc1cccc(C(=O)N[C@H](C)C(=O)N2CCC(CCc3ccc(O)cc3)CC2)c1. The summed E-state index contributed by atoms with van der Waals surface area (Å²) >= 11 is 0. The predicted octanol–water partition coefficient (Wildman–Crippen LogP) is 3.69. The van der Waals surface area contributed by atoms with Gasteiger partial charge in [0.25, 0.3) is 5.91 Å². The van der Waals surface area contributed by atoms with E-state index in [9.17, 15) is 14.7 Å². The third-order valence-corrected chi connectivity index (χ3v) is 5.70. The lowest BCUT2D eigenvalue weighted by atomic mass is 9.90. The van der Waals surface area contributed by atoms with Crippen LogP contribution in [0.5, 0.6) is 5.75 Å². The summed E-state index contributed by atoms with van der Waals surface area (Å²) in [6.45, 7) is 5.18. The molecule has 154 valence electrons. The lowest BCUT2D eigenvalue weighted by Gasteiger charge is -2.33. The van der Waals surface area contributed by atoms with E-state index in [4.69, 9.17) is 0 Å². The number of aryl methyl sites for hydroxylation is 2. The Morgan fingerprint density at radius 3 is 2.48 bits per heavy atom. The second kappa shape index (κ2) is 9.59. The van der Waals surface area contributed by atoms with Crippen LogP contribution in [0.25, 0.3) is 0 Å². The summed E-state index contributed by atoms with van der Waals surface area (Å²) in [5.74, 6) is 0.676. The van der Waals surface area contributed by atoms with Gasteiger partial charge < -0.3 is 15.3 Å². The summed E-state index contributed by atoms with van der Waals surface area (Å²) in [6, 6.07) is 14.2. The minimum Gasteiger partial charge on any atom is -0.508 e. The Morgan fingerprint density at radius 1 is 1.14 bits per heavy atom. The molecule has 1 aliphatic heterocycles. The topological polar surface area (TPSA) is 69.6 Å². The Morgan fingerprint density at radius 2 is 1.83 bits per heavy atom. The highest BCUT2D eigenvalue weighted by atomic mass is 16.3. The van der Waals surface area contributed by atoms with Gasteiger partial charge in [-0.1, -0.05) is 29.8 Å². The van der Waals surface area contributed by atoms with Crippen LogP contribution in [-0.2, 0) is 11.2 Å². The molecule has 2 aromatic rings. The summed E-state index contributed by atoms with van der Waals surface area (Å²) in [5.41, 5.74) is 2.83. The van der Waals surface area contributed by atoms with E-state index in [2.05, 4.69) is 5.32 Å². The van der Waals surface area contributed by atoms with Crippen molar-refractivity contribution in [1.29, 1.82) is 0 Å². The number of hydrogen-bond donors (Lipinski definition) is 2. The Labute approximate surface area is 172 Å². The molecule has 1 aliphatic rings. The lowest BCUT2D eigenvalue weighted by molar-refractivity contribution is -0.134. The number of hydrogen-bond acceptors (Lipinski definition) is 3. The van der Waals surface area contributed by atoms with Crippen molar-refractivity contribution in [3.05, 3.63) is 65.2 Å². The van der Waals surface area contributed by atoms with Gasteiger partial charge >= 0.3 is 0 Å². The zero-order valence-electron chi connectivity index (χ0n) is 17.2. The molecule has 2 aromatic carbocycles. The van der Waals surface area contributed by atoms with E-state index >= 15 is 0 Å². The molecule has 1 atom stereocenters. The smallest absolute Gasteiger partial charge is 0.251 e. The molecule has 1 heterocycles. The van der Waals surface area contributed by atoms with E-state index in [1.54, 1.807) is 25.1 Å². The van der Waals surface area contributed by atoms with Gasteiger partial charge in [-0.05, 0) is 75.3 Å². The first-order valence-electron chi connectivity index (χ1n) is 10.4. The van der Waals surface area contributed by atoms with Gasteiger partial charge in [0.05, 0.1) is 0 Å². The molecule has 29 heavy (non-hydrogen) atoms. The Kier molecular flexibility index (Phi) is 6.91. The molecule has 0 spiro atoms. The van der Waals surface area contributed by atoms with Crippen molar-refractivity contribution in [1.82, 2.24) is 10.2 Å². The van der Waals surface area contributed by atoms with E-state index in [1.165, 1.54) is 5.56 Å². The zero-order chi connectivity index (χ0) is 20.8. The van der Waals surface area contributed by atoms with E-state index < -0.39 is 6.04 Å². The van der Waals surface area contributed by atoms with Crippen LogP contribution in [0.4, 0.5) is 0 Å². The maximum atomic E-state index is 12.7. The van der Waals surface area contributed by atoms with Gasteiger partial charge in [0.15, 0.2) is 0 Å². The molecular formula is C24H30N2O3. The van der Waals surface area contributed by atoms with Gasteiger partial charge in [0.2, 0.25) is 5.91 Å². The summed E-state index contributed by atoms with van der Waals surface area (Å²) < 4.78 is 0. The molecule has 3 rings (SSSR count). The number of likely N-dealkylation sites (tertiary alicyclic amines) is 1. The van der Waals surface area contributed by atoms with Gasteiger partial charge in [-0.3, -0.25) is 9.59 Å². The number of phenolic OH excluding ortho intramolecular Hbond substituents is 1. The van der Waals surface area contributed by atoms with Crippen molar-refractivity contribution in [2.75, 3.05) is 13.1 Å². The monoisotopic (exact) mass is 394 g/mol. The minimum atomic E-state index is -0.531. The van der Waals surface area contributed by atoms with E-state index in [0.717, 1.165) is 44.3 Å². The zero-order valence-corrected chi connectivity index (χ0v) is 17.2. The van der Waals surface area contributed by atoms with Crippen molar-refractivity contribution in [2.45, 2.75) is 45.6 Å². The van der Waals surface area contributed by atoms with Crippen LogP contribution in [-0.4, -0.2) is 41.0 Å². The fourth-order valence-electron chi connectivity index (χ4n) is 3.88. The van der Waals surface area contributed by atoms with Crippen LogP contribution in [0.3, 0.4) is 0 Å². The number of benzene rings is 2. The van der Waals surface area contributed by atoms with Gasteiger partial charge in [0, 0.05) is 18.7 Å². The molecule has 0 aliphatic carbocycles. The number of rotatable bonds is 6. The molecule has 2 amide bonds. The highest BCUT2D eigenvalue weighted by Gasteiger charge is 2.27. The van der Waals surface area contributed by atoms with Crippen molar-refractivity contribution in [2.24, 2.45) is 5.92 Å². The standard InChI is InChI=1S/C24H30N2O3/c1-17-4-3-5-21(16-17)23(28)25-18(2)24(29)26-14-12-20(13-15-26)7-6-19-8-10-22(27)11-9-19/h3-5,8-11,16,18,20,27H,6-7,12-15H2,1-2H3,(H,25,28)/t18-/m1/s1. The lowest BCUT2D eigenvalue weighted by Crippen LogP contribution is -2.49. The highest BCUT2D eigenvalue weighted by Crippen LogP contribution is 2.23. The summed E-state index contributed by atoms with van der Waals surface area (Å²) in [4.78, 5) is 27.0. The normalized spacial score (nSPS) is 15.7. The van der Waals surface area contributed by atoms with Crippen LogP contribution in [0.2, 0.25) is 0 Å². The van der Waals surface area contributed by atoms with Gasteiger partial charge in [-0.15, -0.1) is 0 Å². The molecule has 0 bridgehead atoms. The number of nitrogens with one attached hydrogen (secondary N) is 1. The molecule has 2 N–H and O–H groups in total. The first kappa shape index (κ1) is 20.9. The van der Waals surface area contributed by atoms with Crippen molar-refractivity contribution in [3.8, 4) is 5.75 Å². The summed E-state index contributed by atoms with van der Waals surface area (Å²) in [5, 5.41) is 12.2. The molecule has 0 radical (unpaired) electrons. The van der Waals surface area contributed by atoms with E-state index in [-0.39, 0.29) is 11.8 Å².